The summed E-state index contributed by atoms with van der Waals surface area (Å²) in [6.07, 6.45) is 2.94. The Morgan fingerprint density at radius 2 is 2.14 bits per heavy atom. The number of thiazole rings is 1. The number of urea groups is 1. The summed E-state index contributed by atoms with van der Waals surface area (Å²) in [6.45, 7) is 6.53. The zero-order chi connectivity index (χ0) is 15.9. The Labute approximate surface area is 129 Å². The highest BCUT2D eigenvalue weighted by molar-refractivity contribution is 7.09. The Morgan fingerprint density at radius 3 is 2.67 bits per heavy atom. The molecule has 1 rings (SSSR count). The van der Waals surface area contributed by atoms with E-state index in [-0.39, 0.29) is 23.9 Å². The van der Waals surface area contributed by atoms with Crippen molar-refractivity contribution >= 4 is 23.3 Å². The van der Waals surface area contributed by atoms with E-state index in [4.69, 9.17) is 5.11 Å². The van der Waals surface area contributed by atoms with Crippen LogP contribution in [-0.2, 0) is 11.2 Å². The third-order valence-electron chi connectivity index (χ3n) is 2.72. The normalized spacial score (nSPS) is 12.7. The van der Waals surface area contributed by atoms with E-state index in [1.54, 1.807) is 17.5 Å². The standard InChI is InChI=1S/C14H23N3O3S/c1-14(2,3)9-10(8-12(18)19)17-13(20)16-5-4-11-15-6-7-21-11/h6-7,10H,4-5,8-9H2,1-3H3,(H,18,19)(H2,16,17,20). The molecular weight excluding hydrogens is 290 g/mol. The fraction of sp³-hybridized carbons (Fsp3) is 0.643. The van der Waals surface area contributed by atoms with E-state index in [9.17, 15) is 9.59 Å². The lowest BCUT2D eigenvalue weighted by Crippen LogP contribution is -2.45. The van der Waals surface area contributed by atoms with Crippen molar-refractivity contribution in [1.82, 2.24) is 15.6 Å². The molecular formula is C14H23N3O3S. The van der Waals surface area contributed by atoms with E-state index in [0.29, 0.717) is 19.4 Å². The SMILES string of the molecule is CC(C)(C)CC(CC(=O)O)NC(=O)NCCc1nccs1. The third-order valence-corrected chi connectivity index (χ3v) is 3.56. The van der Waals surface area contributed by atoms with Crippen molar-refractivity contribution in [3.8, 4) is 0 Å². The molecule has 0 fully saturated rings. The van der Waals surface area contributed by atoms with Gasteiger partial charge in [-0.1, -0.05) is 20.8 Å². The number of aliphatic carboxylic acids is 1. The Bertz CT molecular complexity index is 455. The number of carboxylic acid groups (broad SMARTS) is 1. The van der Waals surface area contributed by atoms with Gasteiger partial charge in [0.1, 0.15) is 0 Å². The van der Waals surface area contributed by atoms with E-state index >= 15 is 0 Å². The highest BCUT2D eigenvalue weighted by atomic mass is 32.1. The number of nitrogens with zero attached hydrogens (tertiary/aromatic N) is 1. The molecule has 2 amide bonds. The molecule has 1 aromatic heterocycles. The molecule has 0 saturated carbocycles. The largest absolute Gasteiger partial charge is 0.481 e. The van der Waals surface area contributed by atoms with Gasteiger partial charge in [0.2, 0.25) is 0 Å². The second-order valence-corrected chi connectivity index (χ2v) is 7.11. The van der Waals surface area contributed by atoms with Gasteiger partial charge in [-0.25, -0.2) is 9.78 Å². The average molecular weight is 313 g/mol. The summed E-state index contributed by atoms with van der Waals surface area (Å²) in [7, 11) is 0. The predicted octanol–water partition coefficient (Wildman–Crippen LogP) is 2.26. The molecule has 1 aromatic rings. The smallest absolute Gasteiger partial charge is 0.315 e. The number of carboxylic acids is 1. The van der Waals surface area contributed by atoms with Crippen molar-refractivity contribution in [2.45, 2.75) is 46.1 Å². The van der Waals surface area contributed by atoms with E-state index in [1.807, 2.05) is 26.2 Å². The monoisotopic (exact) mass is 313 g/mol. The molecule has 0 aromatic carbocycles. The molecule has 0 aliphatic carbocycles. The second kappa shape index (κ2) is 7.97. The first kappa shape index (κ1) is 17.4. The molecule has 3 N–H and O–H groups in total. The molecule has 1 atom stereocenters. The number of rotatable bonds is 7. The lowest BCUT2D eigenvalue weighted by molar-refractivity contribution is -0.137. The van der Waals surface area contributed by atoms with Crippen molar-refractivity contribution in [1.29, 1.82) is 0 Å². The summed E-state index contributed by atoms with van der Waals surface area (Å²) in [5, 5.41) is 17.2. The van der Waals surface area contributed by atoms with Gasteiger partial charge in [0, 0.05) is 30.6 Å². The molecule has 0 aliphatic heterocycles. The number of nitrogens with one attached hydrogen (secondary N) is 2. The molecule has 0 radical (unpaired) electrons. The lowest BCUT2D eigenvalue weighted by atomic mass is 9.87. The highest BCUT2D eigenvalue weighted by Crippen LogP contribution is 2.22. The topological polar surface area (TPSA) is 91.3 Å². The van der Waals surface area contributed by atoms with Crippen LogP contribution >= 0.6 is 11.3 Å². The summed E-state index contributed by atoms with van der Waals surface area (Å²) in [5.41, 5.74) is -0.0473. The summed E-state index contributed by atoms with van der Waals surface area (Å²) in [6, 6.07) is -0.704. The maximum atomic E-state index is 11.8. The molecule has 0 aliphatic rings. The number of amides is 2. The van der Waals surface area contributed by atoms with Crippen LogP contribution in [0.1, 0.15) is 38.6 Å². The minimum Gasteiger partial charge on any atom is -0.481 e. The number of carbonyl (C=O) groups is 2. The van der Waals surface area contributed by atoms with E-state index in [0.717, 1.165) is 5.01 Å². The third kappa shape index (κ3) is 8.29. The van der Waals surface area contributed by atoms with Gasteiger partial charge in [0.25, 0.3) is 0 Å². The van der Waals surface area contributed by atoms with Crippen LogP contribution in [0.3, 0.4) is 0 Å². The molecule has 0 saturated heterocycles. The van der Waals surface area contributed by atoms with Crippen molar-refractivity contribution in [2.75, 3.05) is 6.54 Å². The highest BCUT2D eigenvalue weighted by Gasteiger charge is 2.22. The minimum absolute atomic E-state index is 0.0473. The molecule has 1 unspecified atom stereocenters. The van der Waals surface area contributed by atoms with Gasteiger partial charge in [-0.05, 0) is 11.8 Å². The van der Waals surface area contributed by atoms with Crippen LogP contribution in [0, 0.1) is 5.41 Å². The van der Waals surface area contributed by atoms with Crippen LogP contribution < -0.4 is 10.6 Å². The summed E-state index contributed by atoms with van der Waals surface area (Å²) >= 11 is 1.54. The van der Waals surface area contributed by atoms with Gasteiger partial charge in [0.15, 0.2) is 0 Å². The van der Waals surface area contributed by atoms with Crippen molar-refractivity contribution in [2.24, 2.45) is 5.41 Å². The summed E-state index contributed by atoms with van der Waals surface area (Å²) < 4.78 is 0. The number of carbonyl (C=O) groups excluding carboxylic acids is 1. The van der Waals surface area contributed by atoms with E-state index in [1.165, 1.54) is 0 Å². The van der Waals surface area contributed by atoms with Gasteiger partial charge < -0.3 is 15.7 Å². The fourth-order valence-corrected chi connectivity index (χ4v) is 2.64. The first-order valence-corrected chi connectivity index (χ1v) is 7.79. The lowest BCUT2D eigenvalue weighted by Gasteiger charge is -2.25. The molecule has 21 heavy (non-hydrogen) atoms. The van der Waals surface area contributed by atoms with Gasteiger partial charge >= 0.3 is 12.0 Å². The molecule has 1 heterocycles. The van der Waals surface area contributed by atoms with Gasteiger partial charge in [-0.2, -0.15) is 0 Å². The van der Waals surface area contributed by atoms with Gasteiger partial charge in [0.05, 0.1) is 11.4 Å². The van der Waals surface area contributed by atoms with E-state index in [2.05, 4.69) is 15.6 Å². The Balaban J connectivity index is 2.38. The first-order valence-electron chi connectivity index (χ1n) is 6.91. The Morgan fingerprint density at radius 1 is 1.43 bits per heavy atom. The molecule has 0 spiro atoms. The number of hydrogen-bond donors (Lipinski definition) is 3. The number of hydrogen-bond acceptors (Lipinski definition) is 4. The van der Waals surface area contributed by atoms with Crippen molar-refractivity contribution < 1.29 is 14.7 Å². The zero-order valence-corrected chi connectivity index (χ0v) is 13.5. The quantitative estimate of drug-likeness (QED) is 0.720. The zero-order valence-electron chi connectivity index (χ0n) is 12.7. The molecule has 6 nitrogen and oxygen atoms in total. The van der Waals surface area contributed by atoms with Crippen LogP contribution in [0.15, 0.2) is 11.6 Å². The van der Waals surface area contributed by atoms with Crippen molar-refractivity contribution in [3.63, 3.8) is 0 Å². The summed E-state index contributed by atoms with van der Waals surface area (Å²) in [4.78, 5) is 26.8. The first-order chi connectivity index (χ1) is 9.76. The van der Waals surface area contributed by atoms with Crippen LogP contribution in [-0.4, -0.2) is 34.7 Å². The van der Waals surface area contributed by atoms with Crippen molar-refractivity contribution in [3.05, 3.63) is 16.6 Å². The molecule has 7 heteroatoms. The predicted molar refractivity (Wildman–Crippen MR) is 82.5 cm³/mol. The number of aromatic nitrogens is 1. The minimum atomic E-state index is -0.910. The maximum Gasteiger partial charge on any atom is 0.315 e. The molecule has 0 bridgehead atoms. The average Bonchev–Trinajstić information content (AvgIpc) is 2.78. The second-order valence-electron chi connectivity index (χ2n) is 6.14. The van der Waals surface area contributed by atoms with Gasteiger partial charge in [-0.15, -0.1) is 11.3 Å². The van der Waals surface area contributed by atoms with E-state index < -0.39 is 5.97 Å². The Kier molecular flexibility index (Phi) is 6.61. The van der Waals surface area contributed by atoms with Crippen LogP contribution in [0.25, 0.3) is 0 Å². The summed E-state index contributed by atoms with van der Waals surface area (Å²) in [5.74, 6) is -0.910. The maximum absolute atomic E-state index is 11.8. The Hall–Kier alpha value is -1.63. The van der Waals surface area contributed by atoms with Crippen LogP contribution in [0.5, 0.6) is 0 Å². The fourth-order valence-electron chi connectivity index (χ4n) is 2.02. The van der Waals surface area contributed by atoms with Crippen LogP contribution in [0.2, 0.25) is 0 Å². The van der Waals surface area contributed by atoms with Gasteiger partial charge in [-0.3, -0.25) is 4.79 Å². The molecule has 118 valence electrons. The van der Waals surface area contributed by atoms with Crippen LogP contribution in [0.4, 0.5) is 4.79 Å².